The summed E-state index contributed by atoms with van der Waals surface area (Å²) in [5.41, 5.74) is 5.83. The van der Waals surface area contributed by atoms with E-state index in [1.54, 1.807) is 0 Å². The molecule has 0 saturated carbocycles. The van der Waals surface area contributed by atoms with Crippen LogP contribution in [0.15, 0.2) is 30.3 Å². The standard InChI is InChI=1S/C14H11F4NO/c15-10-2-1-8(3-11(10)16)7-20-14-12(17)4-9(6-19)5-13(14)18/h1-5H,6-7,19H2. The summed E-state index contributed by atoms with van der Waals surface area (Å²) in [6.45, 7) is -0.287. The lowest BCUT2D eigenvalue weighted by Crippen LogP contribution is -2.04. The van der Waals surface area contributed by atoms with Gasteiger partial charge in [-0.15, -0.1) is 0 Å². The van der Waals surface area contributed by atoms with E-state index in [-0.39, 0.29) is 18.7 Å². The molecule has 2 nitrogen and oxygen atoms in total. The van der Waals surface area contributed by atoms with Gasteiger partial charge in [-0.05, 0) is 35.4 Å². The Morgan fingerprint density at radius 1 is 0.800 bits per heavy atom. The van der Waals surface area contributed by atoms with Crippen molar-refractivity contribution in [2.24, 2.45) is 5.73 Å². The first-order chi connectivity index (χ1) is 9.51. The second-order valence-electron chi connectivity index (χ2n) is 4.13. The molecule has 2 aromatic carbocycles. The quantitative estimate of drug-likeness (QED) is 0.875. The topological polar surface area (TPSA) is 35.2 Å². The van der Waals surface area contributed by atoms with Crippen LogP contribution in [0.25, 0.3) is 0 Å². The Morgan fingerprint density at radius 2 is 1.40 bits per heavy atom. The highest BCUT2D eigenvalue weighted by Crippen LogP contribution is 2.24. The van der Waals surface area contributed by atoms with E-state index in [2.05, 4.69) is 0 Å². The molecular weight excluding hydrogens is 274 g/mol. The summed E-state index contributed by atoms with van der Waals surface area (Å²) < 4.78 is 57.8. The first-order valence-electron chi connectivity index (χ1n) is 5.76. The fourth-order valence-electron chi connectivity index (χ4n) is 1.65. The Labute approximate surface area is 112 Å². The van der Waals surface area contributed by atoms with Crippen molar-refractivity contribution in [3.63, 3.8) is 0 Å². The molecule has 0 fully saturated rings. The van der Waals surface area contributed by atoms with Crippen molar-refractivity contribution in [1.82, 2.24) is 0 Å². The van der Waals surface area contributed by atoms with Crippen LogP contribution in [0.5, 0.6) is 5.75 Å². The maximum atomic E-state index is 13.6. The van der Waals surface area contributed by atoms with E-state index in [0.717, 1.165) is 24.3 Å². The van der Waals surface area contributed by atoms with Gasteiger partial charge in [0.15, 0.2) is 29.0 Å². The maximum Gasteiger partial charge on any atom is 0.191 e. The molecule has 2 rings (SSSR count). The normalized spacial score (nSPS) is 10.7. The molecule has 0 amide bonds. The highest BCUT2D eigenvalue weighted by Gasteiger charge is 2.13. The van der Waals surface area contributed by atoms with E-state index in [4.69, 9.17) is 10.5 Å². The van der Waals surface area contributed by atoms with Crippen molar-refractivity contribution in [3.8, 4) is 5.75 Å². The minimum absolute atomic E-state index is 0.00269. The Balaban J connectivity index is 2.16. The Hall–Kier alpha value is -2.08. The third-order valence-electron chi connectivity index (χ3n) is 2.66. The van der Waals surface area contributed by atoms with E-state index in [1.807, 2.05) is 0 Å². The van der Waals surface area contributed by atoms with E-state index >= 15 is 0 Å². The van der Waals surface area contributed by atoms with Crippen LogP contribution in [0.1, 0.15) is 11.1 Å². The van der Waals surface area contributed by atoms with Gasteiger partial charge in [0.1, 0.15) is 6.61 Å². The zero-order chi connectivity index (χ0) is 14.7. The largest absolute Gasteiger partial charge is 0.483 e. The van der Waals surface area contributed by atoms with Gasteiger partial charge in [-0.25, -0.2) is 17.6 Å². The van der Waals surface area contributed by atoms with Crippen molar-refractivity contribution in [3.05, 3.63) is 64.7 Å². The summed E-state index contributed by atoms with van der Waals surface area (Å²) >= 11 is 0. The van der Waals surface area contributed by atoms with Gasteiger partial charge in [-0.2, -0.15) is 0 Å². The number of nitrogens with two attached hydrogens (primary N) is 1. The number of ether oxygens (including phenoxy) is 1. The van der Waals surface area contributed by atoms with Crippen LogP contribution in [0.3, 0.4) is 0 Å². The number of halogens is 4. The molecule has 0 unspecified atom stereocenters. The Kier molecular flexibility index (Phi) is 4.24. The van der Waals surface area contributed by atoms with E-state index in [1.165, 1.54) is 6.07 Å². The van der Waals surface area contributed by atoms with Gasteiger partial charge in [-0.3, -0.25) is 0 Å². The van der Waals surface area contributed by atoms with Crippen molar-refractivity contribution in [1.29, 1.82) is 0 Å². The van der Waals surface area contributed by atoms with E-state index in [0.29, 0.717) is 5.56 Å². The Bertz CT molecular complexity index is 608. The number of benzene rings is 2. The maximum absolute atomic E-state index is 13.6. The van der Waals surface area contributed by atoms with Crippen LogP contribution < -0.4 is 10.5 Å². The zero-order valence-electron chi connectivity index (χ0n) is 10.3. The summed E-state index contributed by atoms with van der Waals surface area (Å²) in [5, 5.41) is 0. The molecule has 0 aromatic heterocycles. The molecule has 6 heteroatoms. The molecule has 0 spiro atoms. The van der Waals surface area contributed by atoms with Crippen LogP contribution in [0.2, 0.25) is 0 Å². The third-order valence-corrected chi connectivity index (χ3v) is 2.66. The molecular formula is C14H11F4NO. The first kappa shape index (κ1) is 14.3. The van der Waals surface area contributed by atoms with Gasteiger partial charge in [-0.1, -0.05) is 6.07 Å². The second-order valence-corrected chi connectivity index (χ2v) is 4.13. The zero-order valence-corrected chi connectivity index (χ0v) is 10.3. The van der Waals surface area contributed by atoms with Crippen molar-refractivity contribution < 1.29 is 22.3 Å². The van der Waals surface area contributed by atoms with Crippen LogP contribution in [-0.4, -0.2) is 0 Å². The lowest BCUT2D eigenvalue weighted by molar-refractivity contribution is 0.273. The minimum atomic E-state index is -1.05. The SMILES string of the molecule is NCc1cc(F)c(OCc2ccc(F)c(F)c2)c(F)c1. The third kappa shape index (κ3) is 3.08. The average molecular weight is 285 g/mol. The molecule has 0 radical (unpaired) electrons. The molecule has 0 heterocycles. The highest BCUT2D eigenvalue weighted by molar-refractivity contribution is 5.31. The second kappa shape index (κ2) is 5.92. The summed E-state index contributed by atoms with van der Waals surface area (Å²) in [4.78, 5) is 0. The summed E-state index contributed by atoms with van der Waals surface area (Å²) in [5.74, 6) is -4.42. The van der Waals surface area contributed by atoms with Gasteiger partial charge in [0.2, 0.25) is 0 Å². The Morgan fingerprint density at radius 3 is 1.95 bits per heavy atom. The minimum Gasteiger partial charge on any atom is -0.483 e. The van der Waals surface area contributed by atoms with Crippen molar-refractivity contribution >= 4 is 0 Å². The van der Waals surface area contributed by atoms with Gasteiger partial charge < -0.3 is 10.5 Å². The molecule has 106 valence electrons. The van der Waals surface area contributed by atoms with E-state index in [9.17, 15) is 17.6 Å². The summed E-state index contributed by atoms with van der Waals surface area (Å²) in [7, 11) is 0. The molecule has 2 N–H and O–H groups in total. The van der Waals surface area contributed by atoms with Crippen LogP contribution in [0.4, 0.5) is 17.6 Å². The number of rotatable bonds is 4. The van der Waals surface area contributed by atoms with Gasteiger partial charge >= 0.3 is 0 Å². The molecule has 0 atom stereocenters. The monoisotopic (exact) mass is 285 g/mol. The molecule has 0 aliphatic rings. The molecule has 0 aliphatic carbocycles. The predicted octanol–water partition coefficient (Wildman–Crippen LogP) is 3.28. The van der Waals surface area contributed by atoms with Gasteiger partial charge in [0.25, 0.3) is 0 Å². The van der Waals surface area contributed by atoms with Crippen molar-refractivity contribution in [2.75, 3.05) is 0 Å². The lowest BCUT2D eigenvalue weighted by atomic mass is 10.2. The average Bonchev–Trinajstić information content (AvgIpc) is 2.41. The van der Waals surface area contributed by atoms with Crippen LogP contribution >= 0.6 is 0 Å². The summed E-state index contributed by atoms with van der Waals surface area (Å²) in [6.07, 6.45) is 0. The highest BCUT2D eigenvalue weighted by atomic mass is 19.2. The molecule has 0 aliphatic heterocycles. The predicted molar refractivity (Wildman–Crippen MR) is 64.9 cm³/mol. The molecule has 2 aromatic rings. The molecule has 0 bridgehead atoms. The number of hydrogen-bond donors (Lipinski definition) is 1. The fourth-order valence-corrected chi connectivity index (χ4v) is 1.65. The lowest BCUT2D eigenvalue weighted by Gasteiger charge is -2.10. The molecule has 20 heavy (non-hydrogen) atoms. The number of hydrogen-bond acceptors (Lipinski definition) is 2. The van der Waals surface area contributed by atoms with Crippen molar-refractivity contribution in [2.45, 2.75) is 13.2 Å². The van der Waals surface area contributed by atoms with Gasteiger partial charge in [0.05, 0.1) is 0 Å². The van der Waals surface area contributed by atoms with E-state index < -0.39 is 29.0 Å². The summed E-state index contributed by atoms with van der Waals surface area (Å²) in [6, 6.07) is 5.20. The fraction of sp³-hybridized carbons (Fsp3) is 0.143. The smallest absolute Gasteiger partial charge is 0.191 e. The first-order valence-corrected chi connectivity index (χ1v) is 5.76. The van der Waals surface area contributed by atoms with Gasteiger partial charge in [0, 0.05) is 6.54 Å². The molecule has 0 saturated heterocycles. The van der Waals surface area contributed by atoms with Crippen LogP contribution in [0, 0.1) is 23.3 Å². The van der Waals surface area contributed by atoms with Crippen LogP contribution in [-0.2, 0) is 13.2 Å².